The van der Waals surface area contributed by atoms with Crippen LogP contribution < -0.4 is 10.6 Å². The van der Waals surface area contributed by atoms with E-state index >= 15 is 0 Å². The van der Waals surface area contributed by atoms with Gasteiger partial charge in [-0.3, -0.25) is 9.59 Å². The Labute approximate surface area is 231 Å². The van der Waals surface area contributed by atoms with Crippen molar-refractivity contribution in [3.05, 3.63) is 0 Å². The number of unbranched alkanes of at least 4 members (excludes halogenated alkanes) is 4. The van der Waals surface area contributed by atoms with Crippen molar-refractivity contribution in [2.45, 2.75) is 142 Å². The maximum Gasteiger partial charge on any atom is 0.244 e. The smallest absolute Gasteiger partial charge is 0.244 e. The van der Waals surface area contributed by atoms with Gasteiger partial charge < -0.3 is 34.3 Å². The molecule has 6 unspecified atom stereocenters. The summed E-state index contributed by atoms with van der Waals surface area (Å²) < 4.78 is 31.7. The van der Waals surface area contributed by atoms with Crippen molar-refractivity contribution in [1.82, 2.24) is 10.6 Å². The summed E-state index contributed by atoms with van der Waals surface area (Å²) in [6.07, 6.45) is 6.45. The summed E-state index contributed by atoms with van der Waals surface area (Å²) >= 11 is 0. The molecule has 224 valence electrons. The molecular formula is C29H56N2O7. The first kappa shape index (κ1) is 34.8. The molecule has 9 heteroatoms. The van der Waals surface area contributed by atoms with E-state index < -0.39 is 30.6 Å². The fraction of sp³-hybridized carbons (Fsp3) is 0.931. The van der Waals surface area contributed by atoms with Crippen molar-refractivity contribution in [2.24, 2.45) is 0 Å². The third-order valence-corrected chi connectivity index (χ3v) is 6.54. The standard InChI is InChI=1S/C29H56N2O7/c1-7-12-17-34-21-24-25(35-18-13-8-2)26(36-19-14-9-3)27(37-20-15-10-4)29(38-24)31-28(33)23(16-11-5)30-22(6)32/h23-27,29H,7-21H2,1-6H3,(H,30,32)(H,31,33). The highest BCUT2D eigenvalue weighted by Gasteiger charge is 2.49. The van der Waals surface area contributed by atoms with Gasteiger partial charge in [0.2, 0.25) is 11.8 Å². The van der Waals surface area contributed by atoms with Gasteiger partial charge in [-0.25, -0.2) is 0 Å². The highest BCUT2D eigenvalue weighted by atomic mass is 16.6. The fourth-order valence-corrected chi connectivity index (χ4v) is 4.32. The molecule has 1 rings (SSSR count). The molecule has 38 heavy (non-hydrogen) atoms. The number of ether oxygens (including phenoxy) is 5. The van der Waals surface area contributed by atoms with E-state index in [0.717, 1.165) is 57.8 Å². The Balaban J connectivity index is 3.27. The second-order valence-corrected chi connectivity index (χ2v) is 10.1. The van der Waals surface area contributed by atoms with Crippen molar-refractivity contribution in [3.63, 3.8) is 0 Å². The van der Waals surface area contributed by atoms with Gasteiger partial charge >= 0.3 is 0 Å². The van der Waals surface area contributed by atoms with Gasteiger partial charge in [0.05, 0.1) is 6.61 Å². The molecule has 0 aliphatic carbocycles. The van der Waals surface area contributed by atoms with Gasteiger partial charge in [-0.05, 0) is 32.1 Å². The van der Waals surface area contributed by atoms with Crippen molar-refractivity contribution >= 4 is 11.8 Å². The van der Waals surface area contributed by atoms with Crippen molar-refractivity contribution in [1.29, 1.82) is 0 Å². The number of amides is 2. The third kappa shape index (κ3) is 13.2. The molecule has 9 nitrogen and oxygen atoms in total. The third-order valence-electron chi connectivity index (χ3n) is 6.54. The zero-order valence-electron chi connectivity index (χ0n) is 24.9. The first-order valence-electron chi connectivity index (χ1n) is 15.1. The lowest BCUT2D eigenvalue weighted by atomic mass is 9.96. The lowest BCUT2D eigenvalue weighted by Gasteiger charge is -2.46. The zero-order valence-corrected chi connectivity index (χ0v) is 24.9. The number of hydrogen-bond donors (Lipinski definition) is 2. The van der Waals surface area contributed by atoms with E-state index in [1.165, 1.54) is 6.92 Å². The molecule has 0 aromatic rings. The minimum absolute atomic E-state index is 0.244. The van der Waals surface area contributed by atoms with Gasteiger partial charge in [-0.1, -0.05) is 66.7 Å². The summed E-state index contributed by atoms with van der Waals surface area (Å²) in [4.78, 5) is 25.1. The van der Waals surface area contributed by atoms with Crippen LogP contribution in [-0.4, -0.2) is 81.5 Å². The summed E-state index contributed by atoms with van der Waals surface area (Å²) in [6.45, 7) is 14.5. The summed E-state index contributed by atoms with van der Waals surface area (Å²) in [5, 5.41) is 5.80. The Bertz CT molecular complexity index is 622. The van der Waals surface area contributed by atoms with E-state index in [-0.39, 0.29) is 17.9 Å². The molecule has 1 aliphatic heterocycles. The molecule has 2 amide bonds. The van der Waals surface area contributed by atoms with Gasteiger partial charge in [0.1, 0.15) is 30.5 Å². The van der Waals surface area contributed by atoms with Crippen LogP contribution >= 0.6 is 0 Å². The predicted octanol–water partition coefficient (Wildman–Crippen LogP) is 4.50. The average Bonchev–Trinajstić information content (AvgIpc) is 2.89. The zero-order chi connectivity index (χ0) is 28.2. The Morgan fingerprint density at radius 1 is 0.737 bits per heavy atom. The molecule has 0 spiro atoms. The van der Waals surface area contributed by atoms with E-state index in [4.69, 9.17) is 23.7 Å². The molecule has 0 bridgehead atoms. The van der Waals surface area contributed by atoms with Crippen LogP contribution in [0.4, 0.5) is 0 Å². The van der Waals surface area contributed by atoms with Crippen LogP contribution in [-0.2, 0) is 33.3 Å². The van der Waals surface area contributed by atoms with E-state index in [2.05, 4.69) is 38.3 Å². The second kappa shape index (κ2) is 21.5. The molecule has 0 saturated carbocycles. The molecular weight excluding hydrogens is 488 g/mol. The fourth-order valence-electron chi connectivity index (χ4n) is 4.32. The van der Waals surface area contributed by atoms with Gasteiger partial charge in [0.15, 0.2) is 6.23 Å². The summed E-state index contributed by atoms with van der Waals surface area (Å²) in [5.74, 6) is -0.536. The van der Waals surface area contributed by atoms with Gasteiger partial charge in [0, 0.05) is 33.4 Å². The van der Waals surface area contributed by atoms with E-state index in [0.29, 0.717) is 39.5 Å². The van der Waals surface area contributed by atoms with E-state index in [9.17, 15) is 9.59 Å². The Kier molecular flexibility index (Phi) is 19.7. The maximum atomic E-state index is 13.3. The minimum atomic E-state index is -0.759. The SMILES string of the molecule is CCCCOCC1OC(NC(=O)C(CCC)NC(C)=O)C(OCCCC)C(OCCCC)C1OCCCC. The van der Waals surface area contributed by atoms with E-state index in [1.807, 2.05) is 6.92 Å². The summed E-state index contributed by atoms with van der Waals surface area (Å²) in [7, 11) is 0. The monoisotopic (exact) mass is 544 g/mol. The second-order valence-electron chi connectivity index (χ2n) is 10.1. The molecule has 2 N–H and O–H groups in total. The Morgan fingerprint density at radius 2 is 1.26 bits per heavy atom. The minimum Gasteiger partial charge on any atom is -0.379 e. The van der Waals surface area contributed by atoms with Crippen molar-refractivity contribution < 1.29 is 33.3 Å². The number of carbonyl (C=O) groups excluding carboxylic acids is 2. The Hall–Kier alpha value is -1.26. The molecule has 0 radical (unpaired) electrons. The van der Waals surface area contributed by atoms with E-state index in [1.54, 1.807) is 0 Å². The van der Waals surface area contributed by atoms with Gasteiger partial charge in [0.25, 0.3) is 0 Å². The number of hydrogen-bond acceptors (Lipinski definition) is 7. The first-order valence-corrected chi connectivity index (χ1v) is 15.1. The van der Waals surface area contributed by atoms with Crippen LogP contribution in [0.1, 0.15) is 106 Å². The topological polar surface area (TPSA) is 104 Å². The van der Waals surface area contributed by atoms with Crippen LogP contribution in [0.3, 0.4) is 0 Å². The molecule has 1 heterocycles. The molecule has 0 aromatic carbocycles. The normalized spacial score (nSPS) is 24.2. The highest BCUT2D eigenvalue weighted by Crippen LogP contribution is 2.29. The average molecular weight is 545 g/mol. The molecule has 0 aromatic heterocycles. The van der Waals surface area contributed by atoms with Gasteiger partial charge in [-0.15, -0.1) is 0 Å². The largest absolute Gasteiger partial charge is 0.379 e. The van der Waals surface area contributed by atoms with Crippen LogP contribution in [0.5, 0.6) is 0 Å². The first-order chi connectivity index (χ1) is 18.4. The number of carbonyl (C=O) groups is 2. The van der Waals surface area contributed by atoms with Crippen LogP contribution in [0.25, 0.3) is 0 Å². The van der Waals surface area contributed by atoms with Gasteiger partial charge in [-0.2, -0.15) is 0 Å². The molecule has 1 fully saturated rings. The van der Waals surface area contributed by atoms with Crippen LogP contribution in [0.15, 0.2) is 0 Å². The number of rotatable bonds is 22. The molecule has 1 aliphatic rings. The van der Waals surface area contributed by atoms with Crippen LogP contribution in [0, 0.1) is 0 Å². The Morgan fingerprint density at radius 3 is 1.79 bits per heavy atom. The molecule has 1 saturated heterocycles. The highest BCUT2D eigenvalue weighted by molar-refractivity contribution is 5.86. The lowest BCUT2D eigenvalue weighted by Crippen LogP contribution is -2.66. The van der Waals surface area contributed by atoms with Crippen molar-refractivity contribution in [3.8, 4) is 0 Å². The summed E-state index contributed by atoms with van der Waals surface area (Å²) in [5.41, 5.74) is 0. The lowest BCUT2D eigenvalue weighted by molar-refractivity contribution is -0.270. The quantitative estimate of drug-likeness (QED) is 0.193. The van der Waals surface area contributed by atoms with Crippen LogP contribution in [0.2, 0.25) is 0 Å². The maximum absolute atomic E-state index is 13.3. The predicted molar refractivity (Wildman–Crippen MR) is 149 cm³/mol. The number of nitrogens with one attached hydrogen (secondary N) is 2. The molecule has 6 atom stereocenters. The van der Waals surface area contributed by atoms with Crippen molar-refractivity contribution in [2.75, 3.05) is 33.0 Å². The summed E-state index contributed by atoms with van der Waals surface area (Å²) in [6, 6.07) is -0.644.